The highest BCUT2D eigenvalue weighted by molar-refractivity contribution is 5.94. The van der Waals surface area contributed by atoms with Crippen molar-refractivity contribution in [2.45, 2.75) is 13.1 Å². The molecule has 0 radical (unpaired) electrons. The summed E-state index contributed by atoms with van der Waals surface area (Å²) in [6.45, 7) is 1.15. The molecule has 8 heteroatoms. The second-order valence-electron chi connectivity index (χ2n) is 7.38. The smallest absolute Gasteiger partial charge is 0.348 e. The van der Waals surface area contributed by atoms with Crippen molar-refractivity contribution in [2.75, 3.05) is 0 Å². The number of hydrogen-bond acceptors (Lipinski definition) is 5. The van der Waals surface area contributed by atoms with Gasteiger partial charge >= 0.3 is 5.76 Å². The van der Waals surface area contributed by atoms with Gasteiger partial charge in [0.15, 0.2) is 5.82 Å². The number of fused-ring (bicyclic) bond motifs is 1. The number of hydrogen-bond donors (Lipinski definition) is 2. The molecule has 0 aliphatic carbocycles. The Hall–Kier alpha value is -4.46. The fourth-order valence-electron chi connectivity index (χ4n) is 3.51. The Morgan fingerprint density at radius 1 is 0.969 bits per heavy atom. The first-order chi connectivity index (χ1) is 15.7. The van der Waals surface area contributed by atoms with Crippen LogP contribution < -0.4 is 11.1 Å². The highest BCUT2D eigenvalue weighted by Crippen LogP contribution is 2.16. The summed E-state index contributed by atoms with van der Waals surface area (Å²) in [7, 11) is 0. The van der Waals surface area contributed by atoms with E-state index in [9.17, 15) is 9.59 Å². The van der Waals surface area contributed by atoms with Crippen LogP contribution in [0, 0.1) is 0 Å². The predicted octanol–water partition coefficient (Wildman–Crippen LogP) is 3.36. The van der Waals surface area contributed by atoms with Gasteiger partial charge in [-0.2, -0.15) is 0 Å². The third-order valence-corrected chi connectivity index (χ3v) is 5.22. The lowest BCUT2D eigenvalue weighted by Crippen LogP contribution is -2.22. The minimum Gasteiger partial charge on any atom is -0.348 e. The standard InChI is InChI=1S/C24H19N5O3/c30-23(19-11-9-18(10-12-19)22-27-24(31)32-28-22)25-13-16-5-7-17(8-6-16)14-29-15-26-20-3-1-2-4-21(20)29/h1-12,15H,13-14H2,(H,25,30)(H,27,28,31). The van der Waals surface area contributed by atoms with Gasteiger partial charge < -0.3 is 9.88 Å². The maximum atomic E-state index is 12.5. The van der Waals surface area contributed by atoms with Crippen molar-refractivity contribution >= 4 is 16.9 Å². The van der Waals surface area contributed by atoms with Gasteiger partial charge in [-0.25, -0.2) is 9.78 Å². The van der Waals surface area contributed by atoms with Crippen molar-refractivity contribution in [1.29, 1.82) is 0 Å². The number of H-pyrrole nitrogens is 1. The molecular formula is C24H19N5O3. The van der Waals surface area contributed by atoms with Crippen molar-refractivity contribution in [2.24, 2.45) is 0 Å². The first kappa shape index (κ1) is 19.5. The summed E-state index contributed by atoms with van der Waals surface area (Å²) < 4.78 is 6.61. The van der Waals surface area contributed by atoms with Gasteiger partial charge in [0.05, 0.1) is 17.4 Å². The summed E-state index contributed by atoms with van der Waals surface area (Å²) in [6, 6.07) is 23.0. The van der Waals surface area contributed by atoms with Crippen molar-refractivity contribution in [3.05, 3.63) is 106 Å². The number of benzene rings is 3. The Balaban J connectivity index is 1.19. The number of nitrogens with zero attached hydrogens (tertiary/aromatic N) is 3. The highest BCUT2D eigenvalue weighted by atomic mass is 16.5. The lowest BCUT2D eigenvalue weighted by Gasteiger charge is -2.08. The van der Waals surface area contributed by atoms with Gasteiger partial charge in [-0.3, -0.25) is 14.3 Å². The van der Waals surface area contributed by atoms with E-state index in [1.807, 2.05) is 36.7 Å². The summed E-state index contributed by atoms with van der Waals surface area (Å²) in [4.78, 5) is 30.4. The summed E-state index contributed by atoms with van der Waals surface area (Å²) in [5, 5.41) is 6.55. The zero-order chi connectivity index (χ0) is 21.9. The molecule has 5 aromatic rings. The Labute approximate surface area is 182 Å². The molecule has 3 aromatic carbocycles. The quantitative estimate of drug-likeness (QED) is 0.434. The highest BCUT2D eigenvalue weighted by Gasteiger charge is 2.09. The van der Waals surface area contributed by atoms with Crippen LogP contribution >= 0.6 is 0 Å². The minimum absolute atomic E-state index is 0.181. The fourth-order valence-corrected chi connectivity index (χ4v) is 3.51. The van der Waals surface area contributed by atoms with E-state index in [2.05, 4.69) is 47.7 Å². The van der Waals surface area contributed by atoms with Crippen LogP contribution in [-0.2, 0) is 13.1 Å². The largest absolute Gasteiger partial charge is 0.439 e. The Morgan fingerprint density at radius 3 is 2.47 bits per heavy atom. The maximum Gasteiger partial charge on any atom is 0.439 e. The molecule has 2 N–H and O–H groups in total. The summed E-state index contributed by atoms with van der Waals surface area (Å²) in [5.74, 6) is -0.476. The predicted molar refractivity (Wildman–Crippen MR) is 119 cm³/mol. The number of rotatable bonds is 6. The molecule has 158 valence electrons. The molecule has 0 aliphatic rings. The van der Waals surface area contributed by atoms with Crippen LogP contribution in [0.15, 0.2) is 88.4 Å². The first-order valence-electron chi connectivity index (χ1n) is 10.1. The molecule has 0 aliphatic heterocycles. The van der Waals surface area contributed by atoms with E-state index in [0.29, 0.717) is 23.5 Å². The van der Waals surface area contributed by atoms with Crippen molar-refractivity contribution in [3.63, 3.8) is 0 Å². The maximum absolute atomic E-state index is 12.5. The summed E-state index contributed by atoms with van der Waals surface area (Å²) in [6.07, 6.45) is 1.85. The van der Waals surface area contributed by atoms with Gasteiger partial charge in [-0.05, 0) is 35.4 Å². The molecule has 0 spiro atoms. The van der Waals surface area contributed by atoms with Crippen LogP contribution in [0.1, 0.15) is 21.5 Å². The number of aromatic nitrogens is 4. The second kappa shape index (κ2) is 8.35. The fraction of sp³-hybridized carbons (Fsp3) is 0.0833. The monoisotopic (exact) mass is 425 g/mol. The normalized spacial score (nSPS) is 11.0. The topological polar surface area (TPSA) is 106 Å². The van der Waals surface area contributed by atoms with E-state index >= 15 is 0 Å². The van der Waals surface area contributed by atoms with Crippen LogP contribution in [0.2, 0.25) is 0 Å². The molecule has 0 fully saturated rings. The van der Waals surface area contributed by atoms with Crippen LogP contribution in [0.3, 0.4) is 0 Å². The van der Waals surface area contributed by atoms with Crippen molar-refractivity contribution in [3.8, 4) is 11.4 Å². The Morgan fingerprint density at radius 2 is 1.72 bits per heavy atom. The van der Waals surface area contributed by atoms with E-state index in [1.54, 1.807) is 24.3 Å². The number of nitrogens with one attached hydrogen (secondary N) is 2. The molecule has 32 heavy (non-hydrogen) atoms. The molecule has 5 rings (SSSR count). The molecule has 2 aromatic heterocycles. The summed E-state index contributed by atoms with van der Waals surface area (Å²) >= 11 is 0. The van der Waals surface area contributed by atoms with Crippen molar-refractivity contribution < 1.29 is 9.32 Å². The number of aromatic amines is 1. The van der Waals surface area contributed by atoms with Crippen molar-refractivity contribution in [1.82, 2.24) is 25.0 Å². The number of carbonyl (C=O) groups excluding carboxylic acids is 1. The Kier molecular flexibility index (Phi) is 5.09. The zero-order valence-electron chi connectivity index (χ0n) is 17.0. The van der Waals surface area contributed by atoms with E-state index < -0.39 is 5.76 Å². The van der Waals surface area contributed by atoms with E-state index in [4.69, 9.17) is 0 Å². The number of para-hydroxylation sites is 2. The molecule has 2 heterocycles. The SMILES string of the molecule is O=C(NCc1ccc(Cn2cnc3ccccc32)cc1)c1ccc(-c2noc(=O)[nH]2)cc1. The van der Waals surface area contributed by atoms with Gasteiger partial charge in [-0.15, -0.1) is 0 Å². The number of imidazole rings is 1. The molecule has 8 nitrogen and oxygen atoms in total. The third kappa shape index (κ3) is 4.06. The zero-order valence-corrected chi connectivity index (χ0v) is 17.0. The molecule has 0 unspecified atom stereocenters. The number of carbonyl (C=O) groups is 1. The third-order valence-electron chi connectivity index (χ3n) is 5.22. The first-order valence-corrected chi connectivity index (χ1v) is 10.1. The lowest BCUT2D eigenvalue weighted by atomic mass is 10.1. The molecular weight excluding hydrogens is 406 g/mol. The van der Waals surface area contributed by atoms with Crippen LogP contribution in [-0.4, -0.2) is 25.6 Å². The summed E-state index contributed by atoms with van der Waals surface area (Å²) in [5.41, 5.74) is 5.43. The van der Waals surface area contributed by atoms with E-state index in [-0.39, 0.29) is 5.91 Å². The van der Waals surface area contributed by atoms with Gasteiger partial charge in [0.1, 0.15) is 0 Å². The van der Waals surface area contributed by atoms with Gasteiger partial charge in [0.2, 0.25) is 0 Å². The minimum atomic E-state index is -0.619. The van der Waals surface area contributed by atoms with E-state index in [1.165, 1.54) is 0 Å². The second-order valence-corrected chi connectivity index (χ2v) is 7.38. The lowest BCUT2D eigenvalue weighted by molar-refractivity contribution is 0.0951. The average molecular weight is 425 g/mol. The number of amides is 1. The molecule has 1 amide bonds. The molecule has 0 saturated carbocycles. The van der Waals surface area contributed by atoms with Gasteiger partial charge in [0, 0.05) is 24.2 Å². The van der Waals surface area contributed by atoms with Crippen LogP contribution in [0.25, 0.3) is 22.4 Å². The van der Waals surface area contributed by atoms with Crippen LogP contribution in [0.4, 0.5) is 0 Å². The van der Waals surface area contributed by atoms with E-state index in [0.717, 1.165) is 28.7 Å². The van der Waals surface area contributed by atoms with Gasteiger partial charge in [0.25, 0.3) is 5.91 Å². The molecule has 0 saturated heterocycles. The van der Waals surface area contributed by atoms with Gasteiger partial charge in [-0.1, -0.05) is 53.7 Å². The Bertz CT molecular complexity index is 1430. The molecule has 0 atom stereocenters. The average Bonchev–Trinajstić information content (AvgIpc) is 3.45. The van der Waals surface area contributed by atoms with Crippen LogP contribution in [0.5, 0.6) is 0 Å². The molecule has 0 bridgehead atoms.